The molecule has 0 aliphatic carbocycles. The first-order valence-electron chi connectivity index (χ1n) is 6.92. The molecule has 0 bridgehead atoms. The van der Waals surface area contributed by atoms with Crippen LogP contribution in [0.15, 0.2) is 34.9 Å². The molecule has 0 radical (unpaired) electrons. The predicted molar refractivity (Wildman–Crippen MR) is 85.9 cm³/mol. The first-order chi connectivity index (χ1) is 10.1. The van der Waals surface area contributed by atoms with Crippen LogP contribution >= 0.6 is 15.9 Å². The van der Waals surface area contributed by atoms with Crippen molar-refractivity contribution in [2.45, 2.75) is 6.42 Å². The van der Waals surface area contributed by atoms with Gasteiger partial charge in [-0.25, -0.2) is 4.79 Å². The van der Waals surface area contributed by atoms with Crippen molar-refractivity contribution in [3.05, 3.63) is 34.9 Å². The second kappa shape index (κ2) is 5.89. The third kappa shape index (κ3) is 2.95. The molecule has 5 nitrogen and oxygen atoms in total. The van der Waals surface area contributed by atoms with E-state index in [4.69, 9.17) is 5.11 Å². The number of halogens is 1. The maximum absolute atomic E-state index is 11.1. The standard InChI is InChI=1S/C15H16BrN3O2/c16-11-2-3-13-12(10-11)14(4-5-17-13)18-6-1-7-19(9-8-18)15(20)21/h2-5,10H,1,6-9H2,(H,20,21). The Bertz CT molecular complexity index is 677. The molecule has 6 heteroatoms. The van der Waals surface area contributed by atoms with Gasteiger partial charge < -0.3 is 14.9 Å². The van der Waals surface area contributed by atoms with Gasteiger partial charge in [-0.3, -0.25) is 4.98 Å². The fourth-order valence-corrected chi connectivity index (χ4v) is 3.09. The van der Waals surface area contributed by atoms with Crippen LogP contribution in [0.3, 0.4) is 0 Å². The van der Waals surface area contributed by atoms with Crippen LogP contribution in [0.1, 0.15) is 6.42 Å². The van der Waals surface area contributed by atoms with E-state index in [2.05, 4.69) is 31.9 Å². The number of hydrogen-bond acceptors (Lipinski definition) is 3. The van der Waals surface area contributed by atoms with E-state index in [9.17, 15) is 4.79 Å². The van der Waals surface area contributed by atoms with Crippen LogP contribution in [0, 0.1) is 0 Å². The summed E-state index contributed by atoms with van der Waals surface area (Å²) in [5.41, 5.74) is 2.07. The number of nitrogens with zero attached hydrogens (tertiary/aromatic N) is 3. The Morgan fingerprint density at radius 3 is 2.86 bits per heavy atom. The third-order valence-corrected chi connectivity index (χ3v) is 4.28. The zero-order valence-electron chi connectivity index (χ0n) is 11.5. The number of carbonyl (C=O) groups is 1. The van der Waals surface area contributed by atoms with Crippen LogP contribution in [0.25, 0.3) is 10.9 Å². The highest BCUT2D eigenvalue weighted by molar-refractivity contribution is 9.10. The number of rotatable bonds is 1. The number of anilines is 1. The summed E-state index contributed by atoms with van der Waals surface area (Å²) in [6, 6.07) is 8.04. The molecule has 2 heterocycles. The molecule has 0 spiro atoms. The van der Waals surface area contributed by atoms with Gasteiger partial charge in [-0.2, -0.15) is 0 Å². The molecule has 1 amide bonds. The van der Waals surface area contributed by atoms with Crippen molar-refractivity contribution < 1.29 is 9.90 Å². The Morgan fingerprint density at radius 2 is 2.05 bits per heavy atom. The Hall–Kier alpha value is -1.82. The minimum absolute atomic E-state index is 0.535. The van der Waals surface area contributed by atoms with Gasteiger partial charge in [0.15, 0.2) is 0 Å². The molecule has 1 aromatic heterocycles. The van der Waals surface area contributed by atoms with E-state index in [0.29, 0.717) is 19.6 Å². The Labute approximate surface area is 131 Å². The van der Waals surface area contributed by atoms with E-state index >= 15 is 0 Å². The lowest BCUT2D eigenvalue weighted by Crippen LogP contribution is -2.34. The molecule has 0 unspecified atom stereocenters. The Balaban J connectivity index is 1.93. The van der Waals surface area contributed by atoms with Gasteiger partial charge in [-0.15, -0.1) is 0 Å². The molecule has 1 aliphatic heterocycles. The van der Waals surface area contributed by atoms with Crippen molar-refractivity contribution in [2.75, 3.05) is 31.1 Å². The van der Waals surface area contributed by atoms with Crippen molar-refractivity contribution in [1.29, 1.82) is 0 Å². The van der Waals surface area contributed by atoms with Gasteiger partial charge in [0.1, 0.15) is 0 Å². The summed E-state index contributed by atoms with van der Waals surface area (Å²) in [5, 5.41) is 10.2. The zero-order valence-corrected chi connectivity index (χ0v) is 13.1. The van der Waals surface area contributed by atoms with Gasteiger partial charge >= 0.3 is 6.09 Å². The monoisotopic (exact) mass is 349 g/mol. The summed E-state index contributed by atoms with van der Waals surface area (Å²) in [5.74, 6) is 0. The zero-order chi connectivity index (χ0) is 14.8. The summed E-state index contributed by atoms with van der Waals surface area (Å²) in [7, 11) is 0. The maximum atomic E-state index is 11.1. The molecule has 1 saturated heterocycles. The van der Waals surface area contributed by atoms with E-state index in [1.165, 1.54) is 4.90 Å². The molecule has 1 N–H and O–H groups in total. The molecule has 0 saturated carbocycles. The van der Waals surface area contributed by atoms with E-state index in [1.807, 2.05) is 24.4 Å². The maximum Gasteiger partial charge on any atom is 0.407 e. The quantitative estimate of drug-likeness (QED) is 0.858. The number of benzene rings is 1. The highest BCUT2D eigenvalue weighted by Gasteiger charge is 2.19. The summed E-state index contributed by atoms with van der Waals surface area (Å²) >= 11 is 3.50. The summed E-state index contributed by atoms with van der Waals surface area (Å²) in [6.45, 7) is 2.69. The molecular formula is C15H16BrN3O2. The van der Waals surface area contributed by atoms with Crippen molar-refractivity contribution in [3.63, 3.8) is 0 Å². The smallest absolute Gasteiger partial charge is 0.407 e. The van der Waals surface area contributed by atoms with Gasteiger partial charge in [-0.05, 0) is 30.7 Å². The first kappa shape index (κ1) is 14.1. The lowest BCUT2D eigenvalue weighted by Gasteiger charge is -2.24. The van der Waals surface area contributed by atoms with Crippen LogP contribution in [0.2, 0.25) is 0 Å². The summed E-state index contributed by atoms with van der Waals surface area (Å²) in [4.78, 5) is 19.2. The van der Waals surface area contributed by atoms with E-state index in [1.54, 1.807) is 0 Å². The second-order valence-corrected chi connectivity index (χ2v) is 6.02. The van der Waals surface area contributed by atoms with Crippen LogP contribution in [-0.4, -0.2) is 47.3 Å². The Kier molecular flexibility index (Phi) is 3.96. The fraction of sp³-hybridized carbons (Fsp3) is 0.333. The predicted octanol–water partition coefficient (Wildman–Crippen LogP) is 3.19. The molecule has 3 rings (SSSR count). The van der Waals surface area contributed by atoms with Gasteiger partial charge in [0.2, 0.25) is 0 Å². The normalized spacial score (nSPS) is 16.0. The summed E-state index contributed by atoms with van der Waals surface area (Å²) in [6.07, 6.45) is 1.81. The molecule has 2 aromatic rings. The van der Waals surface area contributed by atoms with Crippen LogP contribution in [0.5, 0.6) is 0 Å². The Morgan fingerprint density at radius 1 is 1.19 bits per heavy atom. The molecular weight excluding hydrogens is 334 g/mol. The molecule has 110 valence electrons. The van der Waals surface area contributed by atoms with Gasteiger partial charge in [0.05, 0.1) is 5.52 Å². The number of fused-ring (bicyclic) bond motifs is 1. The van der Waals surface area contributed by atoms with Crippen LogP contribution < -0.4 is 4.90 Å². The first-order valence-corrected chi connectivity index (χ1v) is 7.71. The minimum Gasteiger partial charge on any atom is -0.465 e. The highest BCUT2D eigenvalue weighted by Crippen LogP contribution is 2.28. The average molecular weight is 350 g/mol. The van der Waals surface area contributed by atoms with E-state index < -0.39 is 6.09 Å². The molecule has 1 aromatic carbocycles. The second-order valence-electron chi connectivity index (χ2n) is 5.10. The summed E-state index contributed by atoms with van der Waals surface area (Å²) < 4.78 is 1.02. The average Bonchev–Trinajstić information content (AvgIpc) is 2.72. The fourth-order valence-electron chi connectivity index (χ4n) is 2.73. The lowest BCUT2D eigenvalue weighted by molar-refractivity contribution is 0.148. The van der Waals surface area contributed by atoms with Crippen molar-refractivity contribution in [2.24, 2.45) is 0 Å². The van der Waals surface area contributed by atoms with E-state index in [0.717, 1.165) is 34.0 Å². The van der Waals surface area contributed by atoms with Gasteiger partial charge in [0.25, 0.3) is 0 Å². The molecule has 0 atom stereocenters. The van der Waals surface area contributed by atoms with E-state index in [-0.39, 0.29) is 0 Å². The number of aromatic nitrogens is 1. The SMILES string of the molecule is O=C(O)N1CCCN(c2ccnc3ccc(Br)cc23)CC1. The number of amides is 1. The number of hydrogen-bond donors (Lipinski definition) is 1. The van der Waals surface area contributed by atoms with Gasteiger partial charge in [0, 0.05) is 47.9 Å². The van der Waals surface area contributed by atoms with Crippen LogP contribution in [0.4, 0.5) is 10.5 Å². The lowest BCUT2D eigenvalue weighted by atomic mass is 10.1. The van der Waals surface area contributed by atoms with Crippen molar-refractivity contribution in [1.82, 2.24) is 9.88 Å². The van der Waals surface area contributed by atoms with Gasteiger partial charge in [-0.1, -0.05) is 15.9 Å². The highest BCUT2D eigenvalue weighted by atomic mass is 79.9. The molecule has 1 fully saturated rings. The topological polar surface area (TPSA) is 56.7 Å². The molecule has 1 aliphatic rings. The van der Waals surface area contributed by atoms with Crippen molar-refractivity contribution >= 4 is 38.6 Å². The largest absolute Gasteiger partial charge is 0.465 e. The molecule has 21 heavy (non-hydrogen) atoms. The number of pyridine rings is 1. The van der Waals surface area contributed by atoms with Crippen LogP contribution in [-0.2, 0) is 0 Å². The minimum atomic E-state index is -0.834. The van der Waals surface area contributed by atoms with Crippen molar-refractivity contribution in [3.8, 4) is 0 Å². The number of carboxylic acid groups (broad SMARTS) is 1. The third-order valence-electron chi connectivity index (χ3n) is 3.79.